The van der Waals surface area contributed by atoms with E-state index >= 15 is 0 Å². The first-order valence-corrected chi connectivity index (χ1v) is 6.14. The number of hydrogen-bond donors (Lipinski definition) is 1. The van der Waals surface area contributed by atoms with Gasteiger partial charge in [-0.25, -0.2) is 4.98 Å². The number of hydrogen-bond acceptors (Lipinski definition) is 5. The molecule has 0 fully saturated rings. The molecule has 1 heterocycles. The predicted molar refractivity (Wildman–Crippen MR) is 72.8 cm³/mol. The van der Waals surface area contributed by atoms with Crippen molar-refractivity contribution < 1.29 is 4.74 Å². The topological polar surface area (TPSA) is 50.3 Å². The number of ether oxygens (including phenoxy) is 1. The first-order chi connectivity index (χ1) is 8.35. The maximum atomic E-state index is 5.71. The van der Waals surface area contributed by atoms with Gasteiger partial charge in [0.1, 0.15) is 6.61 Å². The van der Waals surface area contributed by atoms with E-state index in [4.69, 9.17) is 4.74 Å². The minimum atomic E-state index is -0.0454. The molecule has 0 aromatic carbocycles. The molecule has 18 heavy (non-hydrogen) atoms. The smallest absolute Gasteiger partial charge is 0.316 e. The number of aromatic nitrogens is 2. The Hall–Kier alpha value is -1.20. The molecule has 0 amide bonds. The largest absolute Gasteiger partial charge is 0.462 e. The third kappa shape index (κ3) is 4.23. The first kappa shape index (κ1) is 14.9. The zero-order chi connectivity index (χ0) is 13.8. The molecule has 1 aromatic heterocycles. The molecule has 0 saturated heterocycles. The third-order valence-electron chi connectivity index (χ3n) is 3.01. The molecule has 1 N–H and O–H groups in total. The minimum Gasteiger partial charge on any atom is -0.462 e. The first-order valence-electron chi connectivity index (χ1n) is 6.14. The molecule has 0 unspecified atom stereocenters. The van der Waals surface area contributed by atoms with Crippen LogP contribution in [0.1, 0.15) is 25.2 Å². The van der Waals surface area contributed by atoms with E-state index in [9.17, 15) is 0 Å². The highest BCUT2D eigenvalue weighted by Crippen LogP contribution is 2.13. The van der Waals surface area contributed by atoms with E-state index in [1.807, 2.05) is 34.1 Å². The summed E-state index contributed by atoms with van der Waals surface area (Å²) in [5.41, 5.74) is 1.83. The van der Waals surface area contributed by atoms with Gasteiger partial charge < -0.3 is 15.0 Å². The summed E-state index contributed by atoms with van der Waals surface area (Å²) in [4.78, 5) is 10.8. The summed E-state index contributed by atoms with van der Waals surface area (Å²) in [6.45, 7) is 7.47. The van der Waals surface area contributed by atoms with Crippen LogP contribution in [0.3, 0.4) is 0 Å². The summed E-state index contributed by atoms with van der Waals surface area (Å²) < 4.78 is 5.71. The number of nitrogens with zero attached hydrogens (tertiary/aromatic N) is 3. The van der Waals surface area contributed by atoms with E-state index in [1.165, 1.54) is 0 Å². The molecule has 5 heteroatoms. The lowest BCUT2D eigenvalue weighted by Gasteiger charge is -2.31. The van der Waals surface area contributed by atoms with Crippen molar-refractivity contribution in [1.29, 1.82) is 0 Å². The van der Waals surface area contributed by atoms with Crippen molar-refractivity contribution in [2.24, 2.45) is 0 Å². The molecule has 0 spiro atoms. The van der Waals surface area contributed by atoms with E-state index in [2.05, 4.69) is 34.0 Å². The molecule has 5 nitrogen and oxygen atoms in total. The van der Waals surface area contributed by atoms with Crippen LogP contribution in [0, 0.1) is 6.92 Å². The van der Waals surface area contributed by atoms with Crippen molar-refractivity contribution in [3.05, 3.63) is 17.5 Å². The molecule has 102 valence electrons. The quantitative estimate of drug-likeness (QED) is 0.825. The van der Waals surface area contributed by atoms with Crippen molar-refractivity contribution in [1.82, 2.24) is 20.2 Å². The van der Waals surface area contributed by atoms with Gasteiger partial charge in [0.05, 0.1) is 5.69 Å². The Morgan fingerprint density at radius 3 is 2.56 bits per heavy atom. The Labute approximate surface area is 110 Å². The Bertz CT molecular complexity index is 391. The molecule has 0 saturated carbocycles. The molecule has 0 bridgehead atoms. The van der Waals surface area contributed by atoms with Crippen LogP contribution in [0.15, 0.2) is 6.07 Å². The summed E-state index contributed by atoms with van der Waals surface area (Å²) in [7, 11) is 5.97. The normalized spacial score (nSPS) is 11.9. The SMILES string of the molecule is CNCc1cc(C)nc(OCC(C)(C)N(C)C)n1. The monoisotopic (exact) mass is 252 g/mol. The summed E-state index contributed by atoms with van der Waals surface area (Å²) >= 11 is 0. The molecule has 0 radical (unpaired) electrons. The summed E-state index contributed by atoms with van der Waals surface area (Å²) in [5.74, 6) is 0. The van der Waals surface area contributed by atoms with Crippen molar-refractivity contribution >= 4 is 0 Å². The van der Waals surface area contributed by atoms with Gasteiger partial charge >= 0.3 is 6.01 Å². The van der Waals surface area contributed by atoms with E-state index in [-0.39, 0.29) is 5.54 Å². The molecule has 0 atom stereocenters. The number of rotatable bonds is 6. The van der Waals surface area contributed by atoms with Crippen molar-refractivity contribution in [3.8, 4) is 6.01 Å². The molecule has 1 aromatic rings. The molecular formula is C13H24N4O. The fourth-order valence-corrected chi connectivity index (χ4v) is 1.31. The van der Waals surface area contributed by atoms with Gasteiger partial charge in [0.15, 0.2) is 0 Å². The summed E-state index contributed by atoms with van der Waals surface area (Å²) in [6, 6.07) is 2.41. The highest BCUT2D eigenvalue weighted by atomic mass is 16.5. The van der Waals surface area contributed by atoms with Crippen LogP contribution in [0.2, 0.25) is 0 Å². The second kappa shape index (κ2) is 6.11. The number of aryl methyl sites for hydroxylation is 1. The van der Waals surface area contributed by atoms with Crippen LogP contribution in [-0.4, -0.2) is 48.2 Å². The van der Waals surface area contributed by atoms with Crippen LogP contribution in [0.5, 0.6) is 6.01 Å². The van der Waals surface area contributed by atoms with Gasteiger partial charge in [0.25, 0.3) is 0 Å². The number of nitrogens with one attached hydrogen (secondary N) is 1. The van der Waals surface area contributed by atoms with Gasteiger partial charge in [-0.05, 0) is 48.0 Å². The standard InChI is InChI=1S/C13H24N4O/c1-10-7-11(8-14-4)16-12(15-10)18-9-13(2,3)17(5)6/h7,14H,8-9H2,1-6H3. The maximum Gasteiger partial charge on any atom is 0.316 e. The Morgan fingerprint density at radius 1 is 1.33 bits per heavy atom. The molecule has 0 aliphatic heterocycles. The number of likely N-dealkylation sites (N-methyl/N-ethyl adjacent to an activating group) is 1. The zero-order valence-corrected chi connectivity index (χ0v) is 12.2. The van der Waals surface area contributed by atoms with Crippen LogP contribution in [0.4, 0.5) is 0 Å². The van der Waals surface area contributed by atoms with Gasteiger partial charge in [-0.15, -0.1) is 0 Å². The fraction of sp³-hybridized carbons (Fsp3) is 0.692. The van der Waals surface area contributed by atoms with Crippen molar-refractivity contribution in [3.63, 3.8) is 0 Å². The van der Waals surface area contributed by atoms with E-state index in [0.717, 1.165) is 17.9 Å². The third-order valence-corrected chi connectivity index (χ3v) is 3.01. The second-order valence-electron chi connectivity index (χ2n) is 5.31. The minimum absolute atomic E-state index is 0.0454. The lowest BCUT2D eigenvalue weighted by atomic mass is 10.1. The van der Waals surface area contributed by atoms with Gasteiger partial charge in [-0.3, -0.25) is 0 Å². The maximum absolute atomic E-state index is 5.71. The highest BCUT2D eigenvalue weighted by molar-refractivity contribution is 5.12. The Kier molecular flexibility index (Phi) is 5.04. The average molecular weight is 252 g/mol. The van der Waals surface area contributed by atoms with Gasteiger partial charge in [0.2, 0.25) is 0 Å². The van der Waals surface area contributed by atoms with Crippen LogP contribution >= 0.6 is 0 Å². The molecule has 1 rings (SSSR count). The van der Waals surface area contributed by atoms with Gasteiger partial charge in [-0.2, -0.15) is 4.98 Å². The summed E-state index contributed by atoms with van der Waals surface area (Å²) in [6.07, 6.45) is 0. The van der Waals surface area contributed by atoms with Crippen molar-refractivity contribution in [2.45, 2.75) is 32.9 Å². The average Bonchev–Trinajstić information content (AvgIpc) is 2.26. The molecular weight excluding hydrogens is 228 g/mol. The van der Waals surface area contributed by atoms with E-state index < -0.39 is 0 Å². The zero-order valence-electron chi connectivity index (χ0n) is 12.2. The summed E-state index contributed by atoms with van der Waals surface area (Å²) in [5, 5.41) is 3.07. The van der Waals surface area contributed by atoms with Crippen LogP contribution in [0.25, 0.3) is 0 Å². The lowest BCUT2D eigenvalue weighted by molar-refractivity contribution is 0.107. The van der Waals surface area contributed by atoms with Crippen LogP contribution < -0.4 is 10.1 Å². The van der Waals surface area contributed by atoms with Crippen molar-refractivity contribution in [2.75, 3.05) is 27.7 Å². The van der Waals surface area contributed by atoms with Gasteiger partial charge in [-0.1, -0.05) is 0 Å². The van der Waals surface area contributed by atoms with Crippen LogP contribution in [-0.2, 0) is 6.54 Å². The van der Waals surface area contributed by atoms with E-state index in [1.54, 1.807) is 0 Å². The second-order valence-corrected chi connectivity index (χ2v) is 5.31. The van der Waals surface area contributed by atoms with Gasteiger partial charge in [0, 0.05) is 17.8 Å². The Morgan fingerprint density at radius 2 is 2.00 bits per heavy atom. The highest BCUT2D eigenvalue weighted by Gasteiger charge is 2.22. The Balaban J connectivity index is 2.73. The molecule has 0 aliphatic carbocycles. The van der Waals surface area contributed by atoms with E-state index in [0.29, 0.717) is 12.6 Å². The lowest BCUT2D eigenvalue weighted by Crippen LogP contribution is -2.43. The predicted octanol–water partition coefficient (Wildman–Crippen LogP) is 1.22. The molecule has 0 aliphatic rings. The fourth-order valence-electron chi connectivity index (χ4n) is 1.31.